The van der Waals surface area contributed by atoms with Gasteiger partial charge in [-0.15, -0.1) is 0 Å². The summed E-state index contributed by atoms with van der Waals surface area (Å²) in [6.07, 6.45) is 2.51. The second-order valence-electron chi connectivity index (χ2n) is 8.57. The number of amides is 2. The number of piperidine rings is 1. The minimum atomic E-state index is -0.340. The fourth-order valence-corrected chi connectivity index (χ4v) is 5.42. The van der Waals surface area contributed by atoms with E-state index in [1.807, 2.05) is 11.0 Å². The average Bonchev–Trinajstić information content (AvgIpc) is 3.12. The summed E-state index contributed by atoms with van der Waals surface area (Å²) in [5.41, 5.74) is 3.58. The molecule has 0 radical (unpaired) electrons. The summed E-state index contributed by atoms with van der Waals surface area (Å²) in [6, 6.07) is 8.97. The molecule has 2 amide bonds. The number of nitrogens with zero attached hydrogens (tertiary/aromatic N) is 4. The van der Waals surface area contributed by atoms with Crippen molar-refractivity contribution in [3.8, 4) is 0 Å². The molecule has 2 saturated heterocycles. The molecule has 2 aromatic rings. The predicted molar refractivity (Wildman–Crippen MR) is 122 cm³/mol. The number of rotatable bonds is 4. The number of carbonyl (C=O) groups is 2. The van der Waals surface area contributed by atoms with Crippen LogP contribution in [0.5, 0.6) is 0 Å². The van der Waals surface area contributed by atoms with Gasteiger partial charge in [0.2, 0.25) is 11.8 Å². The molecule has 1 N–H and O–H groups in total. The van der Waals surface area contributed by atoms with Gasteiger partial charge in [-0.25, -0.2) is 9.37 Å². The van der Waals surface area contributed by atoms with E-state index in [0.717, 1.165) is 38.3 Å². The van der Waals surface area contributed by atoms with Gasteiger partial charge >= 0.3 is 0 Å². The summed E-state index contributed by atoms with van der Waals surface area (Å²) in [5, 5.41) is 2.29. The van der Waals surface area contributed by atoms with Crippen LogP contribution in [0.3, 0.4) is 0 Å². The van der Waals surface area contributed by atoms with Crippen LogP contribution < -0.4 is 10.2 Å². The van der Waals surface area contributed by atoms with Crippen molar-refractivity contribution in [3.05, 3.63) is 59.0 Å². The van der Waals surface area contributed by atoms with E-state index in [1.54, 1.807) is 12.3 Å². The standard InChI is InChI=1S/C23H26FN5O2S/c24-18-5-2-8-25-21(18)28-11-9-27(10-12-28)13-15-3-1-4-16-17(15)14-29(23(16)32)19-6-7-20(30)26-22(19)31/h1-5,8,19,23,32H,6-7,9-14H2,(H,26,30,31). The lowest BCUT2D eigenvalue weighted by Crippen LogP contribution is -2.51. The first kappa shape index (κ1) is 21.4. The Balaban J connectivity index is 1.26. The van der Waals surface area contributed by atoms with Crippen LogP contribution >= 0.6 is 12.6 Å². The average molecular weight is 456 g/mol. The zero-order chi connectivity index (χ0) is 22.2. The van der Waals surface area contributed by atoms with Crippen molar-refractivity contribution in [2.45, 2.75) is 37.3 Å². The van der Waals surface area contributed by atoms with Crippen LogP contribution in [0.1, 0.15) is 34.9 Å². The highest BCUT2D eigenvalue weighted by Crippen LogP contribution is 2.40. The van der Waals surface area contributed by atoms with Crippen LogP contribution in [0.2, 0.25) is 0 Å². The fourth-order valence-electron chi connectivity index (χ4n) is 4.93. The number of benzene rings is 1. The molecule has 1 aromatic heterocycles. The van der Waals surface area contributed by atoms with Gasteiger partial charge in [-0.1, -0.05) is 18.2 Å². The third kappa shape index (κ3) is 4.00. The largest absolute Gasteiger partial charge is 0.352 e. The first-order valence-electron chi connectivity index (χ1n) is 11.0. The molecular weight excluding hydrogens is 429 g/mol. The van der Waals surface area contributed by atoms with Gasteiger partial charge in [0, 0.05) is 51.9 Å². The number of aromatic nitrogens is 1. The van der Waals surface area contributed by atoms with Crippen LogP contribution in [-0.4, -0.2) is 58.8 Å². The van der Waals surface area contributed by atoms with Crippen LogP contribution in [0.25, 0.3) is 0 Å². The summed E-state index contributed by atoms with van der Waals surface area (Å²) in [4.78, 5) is 34.6. The third-order valence-electron chi connectivity index (χ3n) is 6.66. The summed E-state index contributed by atoms with van der Waals surface area (Å²) in [6.45, 7) is 4.53. The van der Waals surface area contributed by atoms with Crippen molar-refractivity contribution in [3.63, 3.8) is 0 Å². The number of anilines is 1. The number of hydrogen-bond acceptors (Lipinski definition) is 7. The van der Waals surface area contributed by atoms with Crippen LogP contribution in [-0.2, 0) is 22.7 Å². The SMILES string of the molecule is O=C1CCC(N2Cc3c(CN4CCN(c5ncccc5F)CC4)cccc3C2S)C(=O)N1. The van der Waals surface area contributed by atoms with E-state index in [0.29, 0.717) is 25.2 Å². The van der Waals surface area contributed by atoms with Gasteiger partial charge in [0.1, 0.15) is 0 Å². The number of hydrogen-bond donors (Lipinski definition) is 2. The monoisotopic (exact) mass is 455 g/mol. The molecule has 2 fully saturated rings. The summed E-state index contributed by atoms with van der Waals surface area (Å²) >= 11 is 4.81. The van der Waals surface area contributed by atoms with Gasteiger partial charge in [-0.3, -0.25) is 24.7 Å². The van der Waals surface area contributed by atoms with E-state index in [9.17, 15) is 14.0 Å². The van der Waals surface area contributed by atoms with Gasteiger partial charge in [0.05, 0.1) is 11.4 Å². The van der Waals surface area contributed by atoms with Gasteiger partial charge < -0.3 is 4.90 Å². The minimum Gasteiger partial charge on any atom is -0.352 e. The topological polar surface area (TPSA) is 68.8 Å². The molecule has 9 heteroatoms. The van der Waals surface area contributed by atoms with Crippen molar-refractivity contribution in [2.24, 2.45) is 0 Å². The Kier molecular flexibility index (Phi) is 5.88. The molecule has 0 spiro atoms. The lowest BCUT2D eigenvalue weighted by Gasteiger charge is -2.35. The molecule has 2 atom stereocenters. The van der Waals surface area contributed by atoms with E-state index in [1.165, 1.54) is 17.2 Å². The molecule has 0 bridgehead atoms. The van der Waals surface area contributed by atoms with E-state index in [2.05, 4.69) is 32.2 Å². The van der Waals surface area contributed by atoms with Crippen molar-refractivity contribution in [2.75, 3.05) is 31.1 Å². The first-order valence-corrected chi connectivity index (χ1v) is 11.5. The molecule has 0 saturated carbocycles. The molecule has 168 valence electrons. The molecule has 2 unspecified atom stereocenters. The van der Waals surface area contributed by atoms with Crippen molar-refractivity contribution in [1.82, 2.24) is 20.1 Å². The van der Waals surface area contributed by atoms with Gasteiger partial charge in [-0.05, 0) is 35.2 Å². The van der Waals surface area contributed by atoms with Crippen LogP contribution in [0.4, 0.5) is 10.2 Å². The number of imide groups is 1. The zero-order valence-electron chi connectivity index (χ0n) is 17.7. The molecular formula is C23H26FN5O2S. The van der Waals surface area contributed by atoms with Gasteiger partial charge in [0.15, 0.2) is 11.6 Å². The van der Waals surface area contributed by atoms with Crippen molar-refractivity contribution in [1.29, 1.82) is 0 Å². The highest BCUT2D eigenvalue weighted by Gasteiger charge is 2.39. The molecule has 3 aliphatic rings. The second-order valence-corrected chi connectivity index (χ2v) is 9.06. The van der Waals surface area contributed by atoms with E-state index >= 15 is 0 Å². The maximum Gasteiger partial charge on any atom is 0.243 e. The normalized spacial score (nSPS) is 24.5. The van der Waals surface area contributed by atoms with Gasteiger partial charge in [-0.2, -0.15) is 12.6 Å². The fraction of sp³-hybridized carbons (Fsp3) is 0.435. The van der Waals surface area contributed by atoms with Crippen LogP contribution in [0, 0.1) is 5.82 Å². The quantitative estimate of drug-likeness (QED) is 0.544. The zero-order valence-corrected chi connectivity index (χ0v) is 18.6. The van der Waals surface area contributed by atoms with Crippen molar-refractivity contribution < 1.29 is 14.0 Å². The molecule has 7 nitrogen and oxygen atoms in total. The molecule has 0 aliphatic carbocycles. The smallest absolute Gasteiger partial charge is 0.243 e. The Morgan fingerprint density at radius 2 is 1.94 bits per heavy atom. The Hall–Kier alpha value is -2.49. The number of pyridine rings is 1. The number of nitrogens with one attached hydrogen (secondary N) is 1. The first-order chi connectivity index (χ1) is 15.5. The van der Waals surface area contributed by atoms with E-state index < -0.39 is 0 Å². The summed E-state index contributed by atoms with van der Waals surface area (Å²) < 4.78 is 14.1. The molecule has 32 heavy (non-hydrogen) atoms. The Morgan fingerprint density at radius 1 is 1.12 bits per heavy atom. The van der Waals surface area contributed by atoms with E-state index in [4.69, 9.17) is 12.6 Å². The molecule has 4 heterocycles. The molecule has 1 aromatic carbocycles. The Bertz CT molecular complexity index is 1040. The minimum absolute atomic E-state index is 0.169. The number of fused-ring (bicyclic) bond motifs is 1. The summed E-state index contributed by atoms with van der Waals surface area (Å²) in [5.74, 6) is -0.294. The number of carbonyl (C=O) groups excluding carboxylic acids is 2. The molecule has 3 aliphatic heterocycles. The predicted octanol–water partition coefficient (Wildman–Crippen LogP) is 2.09. The molecule has 5 rings (SSSR count). The summed E-state index contributed by atoms with van der Waals surface area (Å²) in [7, 11) is 0. The third-order valence-corrected chi connectivity index (χ3v) is 7.23. The van der Waals surface area contributed by atoms with Crippen LogP contribution in [0.15, 0.2) is 36.5 Å². The van der Waals surface area contributed by atoms with Gasteiger partial charge in [0.25, 0.3) is 0 Å². The highest BCUT2D eigenvalue weighted by atomic mass is 32.1. The van der Waals surface area contributed by atoms with E-state index in [-0.39, 0.29) is 29.0 Å². The maximum absolute atomic E-state index is 14.1. The Labute approximate surface area is 192 Å². The lowest BCUT2D eigenvalue weighted by molar-refractivity contribution is -0.137. The number of thiol groups is 1. The maximum atomic E-state index is 14.1. The number of halogens is 1. The lowest BCUT2D eigenvalue weighted by atomic mass is 10.0. The van der Waals surface area contributed by atoms with Crippen molar-refractivity contribution >= 4 is 30.3 Å². The number of piperazine rings is 1. The second kappa shape index (κ2) is 8.80. The highest BCUT2D eigenvalue weighted by molar-refractivity contribution is 7.80. The Morgan fingerprint density at radius 3 is 2.69 bits per heavy atom.